The average molecular weight is 372 g/mol. The van der Waals surface area contributed by atoms with E-state index in [2.05, 4.69) is 22.1 Å². The summed E-state index contributed by atoms with van der Waals surface area (Å²) in [7, 11) is 0. The molecule has 5 nitrogen and oxygen atoms in total. The number of hydrogen-bond acceptors (Lipinski definition) is 3. The second-order valence-corrected chi connectivity index (χ2v) is 7.91. The Morgan fingerprint density at radius 2 is 1.96 bits per heavy atom. The Morgan fingerprint density at radius 1 is 1.19 bits per heavy atom. The Hall–Kier alpha value is -2.34. The third-order valence-electron chi connectivity index (χ3n) is 4.63. The van der Waals surface area contributed by atoms with E-state index in [1.54, 1.807) is 11.3 Å². The summed E-state index contributed by atoms with van der Waals surface area (Å²) in [4.78, 5) is 28.5. The molecule has 3 amide bonds. The van der Waals surface area contributed by atoms with Crippen LogP contribution in [0, 0.1) is 5.92 Å². The van der Waals surface area contributed by atoms with Gasteiger partial charge in [0, 0.05) is 24.5 Å². The summed E-state index contributed by atoms with van der Waals surface area (Å²) < 4.78 is 0. The molecular formula is C20H25N3O2S. The van der Waals surface area contributed by atoms with Crippen molar-refractivity contribution >= 4 is 23.3 Å². The third kappa shape index (κ3) is 4.43. The number of thiophene rings is 1. The molecule has 1 atom stereocenters. The van der Waals surface area contributed by atoms with Crippen molar-refractivity contribution in [2.45, 2.75) is 39.4 Å². The monoisotopic (exact) mass is 371 g/mol. The van der Waals surface area contributed by atoms with Gasteiger partial charge in [-0.2, -0.15) is 0 Å². The van der Waals surface area contributed by atoms with Crippen molar-refractivity contribution in [2.24, 2.45) is 5.92 Å². The number of fused-ring (bicyclic) bond motifs is 1. The summed E-state index contributed by atoms with van der Waals surface area (Å²) in [6.07, 6.45) is 0.893. The fraction of sp³-hybridized carbons (Fsp3) is 0.400. The minimum Gasteiger partial charge on any atom is -0.336 e. The Bertz CT molecular complexity index is 757. The quantitative estimate of drug-likeness (QED) is 0.848. The van der Waals surface area contributed by atoms with Crippen LogP contribution in [-0.4, -0.2) is 29.4 Å². The summed E-state index contributed by atoms with van der Waals surface area (Å²) in [6.45, 7) is 5.70. The van der Waals surface area contributed by atoms with Crippen molar-refractivity contribution in [1.29, 1.82) is 0 Å². The van der Waals surface area contributed by atoms with Crippen LogP contribution in [0.15, 0.2) is 41.8 Å². The van der Waals surface area contributed by atoms with E-state index in [9.17, 15) is 9.59 Å². The summed E-state index contributed by atoms with van der Waals surface area (Å²) in [5.74, 6) is 0.0144. The van der Waals surface area contributed by atoms with Gasteiger partial charge in [0.25, 0.3) is 0 Å². The first kappa shape index (κ1) is 18.5. The van der Waals surface area contributed by atoms with Crippen LogP contribution in [0.5, 0.6) is 0 Å². The highest BCUT2D eigenvalue weighted by Crippen LogP contribution is 2.24. The predicted molar refractivity (Wildman–Crippen MR) is 104 cm³/mol. The van der Waals surface area contributed by atoms with Gasteiger partial charge < -0.3 is 15.5 Å². The van der Waals surface area contributed by atoms with Crippen LogP contribution in [0.25, 0.3) is 0 Å². The number of carbonyl (C=O) groups is 2. The third-order valence-corrected chi connectivity index (χ3v) is 5.66. The van der Waals surface area contributed by atoms with E-state index in [1.807, 2.05) is 49.1 Å². The number of amides is 3. The smallest absolute Gasteiger partial charge is 0.315 e. The van der Waals surface area contributed by atoms with Gasteiger partial charge in [-0.1, -0.05) is 44.2 Å². The standard InChI is InChI=1S/C20H25N3O2S/c1-14(2)18(22-20(25)21-12-15-6-4-3-5-7-15)19(24)23-10-8-17-16(13-23)9-11-26-17/h3-7,9,11,14,18H,8,10,12-13H2,1-2H3,(H2,21,22,25). The predicted octanol–water partition coefficient (Wildman–Crippen LogP) is 3.16. The summed E-state index contributed by atoms with van der Waals surface area (Å²) >= 11 is 1.75. The van der Waals surface area contributed by atoms with E-state index in [0.29, 0.717) is 19.6 Å². The zero-order chi connectivity index (χ0) is 18.5. The fourth-order valence-electron chi connectivity index (χ4n) is 3.12. The van der Waals surface area contributed by atoms with Crippen LogP contribution in [0.2, 0.25) is 0 Å². The molecule has 0 saturated heterocycles. The lowest BCUT2D eigenvalue weighted by Gasteiger charge is -2.32. The van der Waals surface area contributed by atoms with Crippen LogP contribution in [-0.2, 0) is 24.3 Å². The number of hydrogen-bond donors (Lipinski definition) is 2. The van der Waals surface area contributed by atoms with Crippen LogP contribution < -0.4 is 10.6 Å². The molecule has 1 aliphatic rings. The maximum atomic E-state index is 13.0. The van der Waals surface area contributed by atoms with Crippen molar-refractivity contribution < 1.29 is 9.59 Å². The molecule has 138 valence electrons. The molecule has 2 N–H and O–H groups in total. The lowest BCUT2D eigenvalue weighted by Crippen LogP contribution is -2.54. The number of nitrogens with zero attached hydrogens (tertiary/aromatic N) is 1. The van der Waals surface area contributed by atoms with Gasteiger partial charge in [0.05, 0.1) is 0 Å². The first-order valence-electron chi connectivity index (χ1n) is 8.97. The molecule has 0 aliphatic carbocycles. The molecule has 2 aromatic rings. The summed E-state index contributed by atoms with van der Waals surface area (Å²) in [5.41, 5.74) is 2.25. The van der Waals surface area contributed by atoms with Crippen LogP contribution >= 0.6 is 11.3 Å². The minimum atomic E-state index is -0.522. The fourth-order valence-corrected chi connectivity index (χ4v) is 4.01. The number of rotatable bonds is 5. The molecule has 0 radical (unpaired) electrons. The van der Waals surface area contributed by atoms with E-state index in [1.165, 1.54) is 10.4 Å². The van der Waals surface area contributed by atoms with Crippen molar-refractivity contribution in [2.75, 3.05) is 6.54 Å². The van der Waals surface area contributed by atoms with Gasteiger partial charge in [0.15, 0.2) is 0 Å². The first-order valence-corrected chi connectivity index (χ1v) is 9.85. The lowest BCUT2D eigenvalue weighted by molar-refractivity contribution is -0.135. The molecule has 1 aromatic heterocycles. The van der Waals surface area contributed by atoms with Gasteiger partial charge in [0.1, 0.15) is 6.04 Å². The van der Waals surface area contributed by atoms with E-state index in [-0.39, 0.29) is 17.9 Å². The molecule has 26 heavy (non-hydrogen) atoms. The molecule has 2 heterocycles. The molecule has 1 unspecified atom stereocenters. The number of urea groups is 1. The van der Waals surface area contributed by atoms with Crippen molar-refractivity contribution in [1.82, 2.24) is 15.5 Å². The number of carbonyl (C=O) groups excluding carboxylic acids is 2. The number of benzene rings is 1. The van der Waals surface area contributed by atoms with Gasteiger partial charge in [-0.15, -0.1) is 11.3 Å². The SMILES string of the molecule is CC(C)C(NC(=O)NCc1ccccc1)C(=O)N1CCc2sccc2C1. The number of nitrogens with one attached hydrogen (secondary N) is 2. The highest BCUT2D eigenvalue weighted by atomic mass is 32.1. The van der Waals surface area contributed by atoms with E-state index >= 15 is 0 Å². The molecule has 0 fully saturated rings. The van der Waals surface area contributed by atoms with Crippen LogP contribution in [0.4, 0.5) is 4.79 Å². The highest BCUT2D eigenvalue weighted by molar-refractivity contribution is 7.10. The average Bonchev–Trinajstić information content (AvgIpc) is 3.12. The molecule has 0 spiro atoms. The van der Waals surface area contributed by atoms with E-state index in [4.69, 9.17) is 0 Å². The molecule has 3 rings (SSSR count). The van der Waals surface area contributed by atoms with Gasteiger partial charge in [-0.05, 0) is 34.9 Å². The van der Waals surface area contributed by atoms with Crippen molar-refractivity contribution in [3.8, 4) is 0 Å². The second-order valence-electron chi connectivity index (χ2n) is 6.91. The Labute approximate surface area is 158 Å². The minimum absolute atomic E-state index is 0.00767. The Morgan fingerprint density at radius 3 is 2.69 bits per heavy atom. The van der Waals surface area contributed by atoms with Crippen LogP contribution in [0.1, 0.15) is 29.9 Å². The Balaban J connectivity index is 1.58. The highest BCUT2D eigenvalue weighted by Gasteiger charge is 2.30. The van der Waals surface area contributed by atoms with Crippen molar-refractivity contribution in [3.63, 3.8) is 0 Å². The van der Waals surface area contributed by atoms with Gasteiger partial charge >= 0.3 is 6.03 Å². The summed E-state index contributed by atoms with van der Waals surface area (Å²) in [5, 5.41) is 7.77. The topological polar surface area (TPSA) is 61.4 Å². The first-order chi connectivity index (χ1) is 12.5. The molecular weight excluding hydrogens is 346 g/mol. The lowest BCUT2D eigenvalue weighted by atomic mass is 10.0. The van der Waals surface area contributed by atoms with E-state index in [0.717, 1.165) is 12.0 Å². The second kappa shape index (κ2) is 8.36. The molecule has 0 saturated carbocycles. The zero-order valence-electron chi connectivity index (χ0n) is 15.2. The van der Waals surface area contributed by atoms with Gasteiger partial charge in [-0.25, -0.2) is 4.79 Å². The van der Waals surface area contributed by atoms with E-state index < -0.39 is 6.04 Å². The van der Waals surface area contributed by atoms with Gasteiger partial charge in [0.2, 0.25) is 5.91 Å². The van der Waals surface area contributed by atoms with Crippen molar-refractivity contribution in [3.05, 3.63) is 57.8 Å². The molecule has 1 aliphatic heterocycles. The normalized spacial score (nSPS) is 14.7. The van der Waals surface area contributed by atoms with Crippen LogP contribution in [0.3, 0.4) is 0 Å². The summed E-state index contributed by atoms with van der Waals surface area (Å²) in [6, 6.07) is 11.0. The maximum Gasteiger partial charge on any atom is 0.315 e. The molecule has 1 aromatic carbocycles. The Kier molecular flexibility index (Phi) is 5.93. The largest absolute Gasteiger partial charge is 0.336 e. The molecule has 0 bridgehead atoms. The zero-order valence-corrected chi connectivity index (χ0v) is 16.0. The maximum absolute atomic E-state index is 13.0. The molecule has 6 heteroatoms. The van der Waals surface area contributed by atoms with Gasteiger partial charge in [-0.3, -0.25) is 4.79 Å².